The Bertz CT molecular complexity index is 382. The van der Waals surface area contributed by atoms with Crippen LogP contribution in [0.25, 0.3) is 0 Å². The molecule has 1 aromatic rings. The summed E-state index contributed by atoms with van der Waals surface area (Å²) in [7, 11) is 0. The van der Waals surface area contributed by atoms with Gasteiger partial charge in [0.05, 0.1) is 5.02 Å². The van der Waals surface area contributed by atoms with Gasteiger partial charge in [-0.25, -0.2) is 0 Å². The van der Waals surface area contributed by atoms with Crippen molar-refractivity contribution in [2.45, 2.75) is 12.2 Å². The van der Waals surface area contributed by atoms with Crippen molar-refractivity contribution in [3.8, 4) is 5.75 Å². The first-order chi connectivity index (χ1) is 6.93. The van der Waals surface area contributed by atoms with Crippen molar-refractivity contribution in [2.24, 2.45) is 5.73 Å². The third kappa shape index (κ3) is 2.59. The van der Waals surface area contributed by atoms with Gasteiger partial charge in [0.2, 0.25) is 5.91 Å². The first-order valence-electron chi connectivity index (χ1n) is 4.07. The molecule has 5 nitrogen and oxygen atoms in total. The van der Waals surface area contributed by atoms with Crippen LogP contribution in [0.2, 0.25) is 5.02 Å². The fourth-order valence-corrected chi connectivity index (χ4v) is 1.17. The average molecular weight is 232 g/mol. The number of halogens is 1. The molecule has 1 rings (SSSR count). The second-order valence-electron chi connectivity index (χ2n) is 3.00. The summed E-state index contributed by atoms with van der Waals surface area (Å²) in [4.78, 5) is 10.6. The van der Waals surface area contributed by atoms with Gasteiger partial charge in [0.1, 0.15) is 11.9 Å². The highest BCUT2D eigenvalue weighted by Gasteiger charge is 2.23. The number of carbonyl (C=O) groups is 1. The van der Waals surface area contributed by atoms with Gasteiger partial charge >= 0.3 is 0 Å². The van der Waals surface area contributed by atoms with Crippen LogP contribution in [-0.4, -0.2) is 27.3 Å². The van der Waals surface area contributed by atoms with Crippen LogP contribution < -0.4 is 5.73 Å². The van der Waals surface area contributed by atoms with Gasteiger partial charge in [0.15, 0.2) is 6.10 Å². The zero-order chi connectivity index (χ0) is 11.6. The number of hydrogen-bond acceptors (Lipinski definition) is 4. The molecule has 15 heavy (non-hydrogen) atoms. The molecule has 2 atom stereocenters. The molecule has 1 amide bonds. The van der Waals surface area contributed by atoms with E-state index in [9.17, 15) is 15.0 Å². The van der Waals surface area contributed by atoms with Crippen LogP contribution >= 0.6 is 11.6 Å². The highest BCUT2D eigenvalue weighted by Crippen LogP contribution is 2.27. The van der Waals surface area contributed by atoms with Gasteiger partial charge in [-0.05, 0) is 17.7 Å². The van der Waals surface area contributed by atoms with E-state index in [0.717, 1.165) is 6.07 Å². The molecule has 5 N–H and O–H groups in total. The maximum Gasteiger partial charge on any atom is 0.249 e. The van der Waals surface area contributed by atoms with Crippen LogP contribution in [0.15, 0.2) is 18.2 Å². The molecular weight excluding hydrogens is 222 g/mol. The Labute approximate surface area is 90.7 Å². The Hall–Kier alpha value is -1.30. The summed E-state index contributed by atoms with van der Waals surface area (Å²) in [5.74, 6) is -1.29. The summed E-state index contributed by atoms with van der Waals surface area (Å²) in [5.41, 5.74) is 4.96. The smallest absolute Gasteiger partial charge is 0.249 e. The quantitative estimate of drug-likeness (QED) is 0.584. The Morgan fingerprint density at radius 3 is 2.47 bits per heavy atom. The summed E-state index contributed by atoms with van der Waals surface area (Å²) < 4.78 is 0. The molecule has 82 valence electrons. The van der Waals surface area contributed by atoms with Crippen LogP contribution in [0.5, 0.6) is 5.75 Å². The lowest BCUT2D eigenvalue weighted by Crippen LogP contribution is -2.33. The van der Waals surface area contributed by atoms with E-state index >= 15 is 0 Å². The van der Waals surface area contributed by atoms with Crippen molar-refractivity contribution in [1.29, 1.82) is 0 Å². The lowest BCUT2D eigenvalue weighted by Gasteiger charge is -2.15. The summed E-state index contributed by atoms with van der Waals surface area (Å²) in [5, 5.41) is 28.0. The Balaban J connectivity index is 2.96. The molecule has 0 fully saturated rings. The topological polar surface area (TPSA) is 104 Å². The molecule has 2 unspecified atom stereocenters. The summed E-state index contributed by atoms with van der Waals surface area (Å²) >= 11 is 5.54. The molecule has 0 bridgehead atoms. The van der Waals surface area contributed by atoms with Crippen molar-refractivity contribution in [3.63, 3.8) is 0 Å². The van der Waals surface area contributed by atoms with Crippen molar-refractivity contribution in [3.05, 3.63) is 28.8 Å². The molecule has 0 radical (unpaired) electrons. The number of phenols is 1. The molecule has 0 saturated carbocycles. The second-order valence-corrected chi connectivity index (χ2v) is 3.41. The monoisotopic (exact) mass is 231 g/mol. The average Bonchev–Trinajstić information content (AvgIpc) is 2.19. The molecule has 0 aromatic heterocycles. The third-order valence-corrected chi connectivity index (χ3v) is 2.22. The number of amides is 1. The molecule has 0 aliphatic heterocycles. The van der Waals surface area contributed by atoms with E-state index in [1.54, 1.807) is 0 Å². The standard InChI is InChI=1S/C9H10ClNO4/c10-5-2-1-4(3-6(5)12)7(13)8(14)9(11)15/h1-3,7-8,12-14H,(H2,11,15). The van der Waals surface area contributed by atoms with Gasteiger partial charge in [-0.3, -0.25) is 4.79 Å². The highest BCUT2D eigenvalue weighted by molar-refractivity contribution is 6.32. The summed E-state index contributed by atoms with van der Waals surface area (Å²) in [6.07, 6.45) is -3.20. The minimum Gasteiger partial charge on any atom is -0.506 e. The molecule has 0 heterocycles. The SMILES string of the molecule is NC(=O)C(O)C(O)c1ccc(Cl)c(O)c1. The Kier molecular flexibility index (Phi) is 3.52. The fourth-order valence-electron chi connectivity index (χ4n) is 1.05. The number of aliphatic hydroxyl groups excluding tert-OH is 2. The minimum absolute atomic E-state index is 0.111. The van der Waals surface area contributed by atoms with Crippen LogP contribution in [0.3, 0.4) is 0 Å². The van der Waals surface area contributed by atoms with Crippen molar-refractivity contribution >= 4 is 17.5 Å². The number of benzene rings is 1. The van der Waals surface area contributed by atoms with Gasteiger partial charge < -0.3 is 21.1 Å². The van der Waals surface area contributed by atoms with Gasteiger partial charge in [-0.1, -0.05) is 17.7 Å². The maximum atomic E-state index is 10.6. The number of hydrogen-bond donors (Lipinski definition) is 4. The number of aromatic hydroxyl groups is 1. The summed E-state index contributed by atoms with van der Waals surface area (Å²) in [6.45, 7) is 0. The van der Waals surface area contributed by atoms with Crippen LogP contribution in [0.4, 0.5) is 0 Å². The number of carbonyl (C=O) groups excluding carboxylic acids is 1. The van der Waals surface area contributed by atoms with E-state index in [2.05, 4.69) is 0 Å². The van der Waals surface area contributed by atoms with Crippen LogP contribution in [-0.2, 0) is 4.79 Å². The van der Waals surface area contributed by atoms with Gasteiger partial charge in [-0.15, -0.1) is 0 Å². The molecule has 0 aliphatic carbocycles. The van der Waals surface area contributed by atoms with Crippen LogP contribution in [0.1, 0.15) is 11.7 Å². The van der Waals surface area contributed by atoms with E-state index in [0.29, 0.717) is 0 Å². The van der Waals surface area contributed by atoms with E-state index in [1.807, 2.05) is 0 Å². The second kappa shape index (κ2) is 4.48. The van der Waals surface area contributed by atoms with Gasteiger partial charge in [0.25, 0.3) is 0 Å². The number of nitrogens with two attached hydrogens (primary N) is 1. The molecule has 0 saturated heterocycles. The third-order valence-electron chi connectivity index (χ3n) is 1.90. The Morgan fingerprint density at radius 2 is 2.00 bits per heavy atom. The van der Waals surface area contributed by atoms with Crippen molar-refractivity contribution in [1.82, 2.24) is 0 Å². The van der Waals surface area contributed by atoms with Crippen molar-refractivity contribution in [2.75, 3.05) is 0 Å². The Morgan fingerprint density at radius 1 is 1.40 bits per heavy atom. The number of phenolic OH excluding ortho intramolecular Hbond substituents is 1. The van der Waals surface area contributed by atoms with Crippen LogP contribution in [0, 0.1) is 0 Å². The molecular formula is C9H10ClNO4. The normalized spacial score (nSPS) is 14.6. The first-order valence-corrected chi connectivity index (χ1v) is 4.45. The van der Waals surface area contributed by atoms with E-state index in [1.165, 1.54) is 12.1 Å². The number of primary amides is 1. The molecule has 0 spiro atoms. The maximum absolute atomic E-state index is 10.6. The molecule has 1 aromatic carbocycles. The predicted octanol–water partition coefficient (Wildman–Crippen LogP) is -0.0748. The lowest BCUT2D eigenvalue weighted by molar-refractivity contribution is -0.131. The predicted molar refractivity (Wildman–Crippen MR) is 53.3 cm³/mol. The van der Waals surface area contributed by atoms with Gasteiger partial charge in [0, 0.05) is 0 Å². The largest absolute Gasteiger partial charge is 0.506 e. The zero-order valence-electron chi connectivity index (χ0n) is 7.59. The number of aliphatic hydroxyl groups is 2. The van der Waals surface area contributed by atoms with E-state index in [4.69, 9.17) is 22.4 Å². The fraction of sp³-hybridized carbons (Fsp3) is 0.222. The van der Waals surface area contributed by atoms with Crippen molar-refractivity contribution < 1.29 is 20.1 Å². The van der Waals surface area contributed by atoms with E-state index in [-0.39, 0.29) is 16.3 Å². The highest BCUT2D eigenvalue weighted by atomic mass is 35.5. The molecule has 6 heteroatoms. The zero-order valence-corrected chi connectivity index (χ0v) is 8.35. The molecule has 0 aliphatic rings. The number of rotatable bonds is 3. The van der Waals surface area contributed by atoms with E-state index < -0.39 is 18.1 Å². The first kappa shape index (κ1) is 11.8. The minimum atomic E-state index is -1.72. The summed E-state index contributed by atoms with van der Waals surface area (Å²) in [6, 6.07) is 3.86. The van der Waals surface area contributed by atoms with Gasteiger partial charge in [-0.2, -0.15) is 0 Å². The lowest BCUT2D eigenvalue weighted by atomic mass is 10.0.